The Bertz CT molecular complexity index is 131. The van der Waals surface area contributed by atoms with Gasteiger partial charge in [-0.15, -0.1) is 11.8 Å². The molecule has 0 aromatic carbocycles. The van der Waals surface area contributed by atoms with E-state index in [-0.39, 0.29) is 0 Å². The molecule has 1 nitrogen and oxygen atoms in total. The number of thioether (sulfide) groups is 1. The minimum absolute atomic E-state index is 0.616. The summed E-state index contributed by atoms with van der Waals surface area (Å²) in [6, 6.07) is 0. The summed E-state index contributed by atoms with van der Waals surface area (Å²) < 4.78 is 13.7. The molecule has 0 N–H and O–H groups in total. The van der Waals surface area contributed by atoms with Crippen molar-refractivity contribution in [2.24, 2.45) is 0 Å². The number of hydrogen-bond acceptors (Lipinski definition) is 2. The van der Waals surface area contributed by atoms with Crippen molar-refractivity contribution in [3.8, 4) is 0 Å². The molecule has 0 saturated carbocycles. The van der Waals surface area contributed by atoms with Crippen LogP contribution in [0.2, 0.25) is 0 Å². The molecule has 1 heterocycles. The molecule has 0 aromatic rings. The molecule has 0 aromatic heterocycles. The normalized spacial score (nSPS) is 34.1. The number of piperidine rings is 1. The number of halogens is 1. The Labute approximate surface area is 72.3 Å². The summed E-state index contributed by atoms with van der Waals surface area (Å²) in [5, 5.41) is -0.964. The van der Waals surface area contributed by atoms with Gasteiger partial charge in [0, 0.05) is 6.54 Å². The van der Waals surface area contributed by atoms with Crippen molar-refractivity contribution in [2.75, 3.05) is 25.9 Å². The summed E-state index contributed by atoms with van der Waals surface area (Å²) in [6.45, 7) is 4.76. The van der Waals surface area contributed by atoms with E-state index in [0.717, 1.165) is 25.9 Å². The Morgan fingerprint density at radius 1 is 1.64 bits per heavy atom. The van der Waals surface area contributed by atoms with E-state index >= 15 is 0 Å². The van der Waals surface area contributed by atoms with Crippen LogP contribution in [-0.2, 0) is 0 Å². The fourth-order valence-electron chi connectivity index (χ4n) is 1.50. The lowest BCUT2D eigenvalue weighted by atomic mass is 10.1. The van der Waals surface area contributed by atoms with E-state index in [1.54, 1.807) is 0 Å². The summed E-state index contributed by atoms with van der Waals surface area (Å²) in [4.78, 5) is 2.18. The average molecular weight is 177 g/mol. The van der Waals surface area contributed by atoms with E-state index in [4.69, 9.17) is 0 Å². The molecule has 0 amide bonds. The highest BCUT2D eigenvalue weighted by atomic mass is 32.2. The Morgan fingerprint density at radius 2 is 2.36 bits per heavy atom. The largest absolute Gasteiger partial charge is 0.300 e. The van der Waals surface area contributed by atoms with E-state index < -0.39 is 5.00 Å². The molecule has 0 bridgehead atoms. The van der Waals surface area contributed by atoms with Crippen molar-refractivity contribution in [3.05, 3.63) is 0 Å². The summed E-state index contributed by atoms with van der Waals surface area (Å²) in [5.74, 6) is 0. The van der Waals surface area contributed by atoms with Crippen molar-refractivity contribution in [1.29, 1.82) is 0 Å². The third-order valence-electron chi connectivity index (χ3n) is 2.30. The van der Waals surface area contributed by atoms with Gasteiger partial charge in [0.1, 0.15) is 0 Å². The topological polar surface area (TPSA) is 3.24 Å². The van der Waals surface area contributed by atoms with E-state index in [9.17, 15) is 4.39 Å². The van der Waals surface area contributed by atoms with Crippen molar-refractivity contribution < 1.29 is 4.39 Å². The molecule has 1 saturated heterocycles. The van der Waals surface area contributed by atoms with Crippen molar-refractivity contribution in [1.82, 2.24) is 4.90 Å². The highest BCUT2D eigenvalue weighted by Crippen LogP contribution is 2.33. The molecule has 3 heteroatoms. The van der Waals surface area contributed by atoms with Crippen LogP contribution in [0.3, 0.4) is 0 Å². The zero-order valence-corrected chi connectivity index (χ0v) is 8.09. The van der Waals surface area contributed by atoms with Crippen LogP contribution in [0.25, 0.3) is 0 Å². The zero-order valence-electron chi connectivity index (χ0n) is 7.27. The number of rotatable bonds is 2. The summed E-state index contributed by atoms with van der Waals surface area (Å²) >= 11 is 1.36. The molecular weight excluding hydrogens is 161 g/mol. The summed E-state index contributed by atoms with van der Waals surface area (Å²) in [5.41, 5.74) is 0. The number of hydrogen-bond donors (Lipinski definition) is 0. The Balaban J connectivity index is 2.44. The molecule has 1 atom stereocenters. The first kappa shape index (κ1) is 9.33. The molecule has 1 unspecified atom stereocenters. The van der Waals surface area contributed by atoms with Gasteiger partial charge in [0.15, 0.2) is 5.00 Å². The molecule has 1 rings (SSSR count). The van der Waals surface area contributed by atoms with Crippen LogP contribution in [0, 0.1) is 0 Å². The van der Waals surface area contributed by atoms with Crippen LogP contribution >= 0.6 is 11.8 Å². The molecule has 0 radical (unpaired) electrons. The van der Waals surface area contributed by atoms with Crippen molar-refractivity contribution >= 4 is 11.8 Å². The predicted octanol–water partition coefficient (Wildman–Crippen LogP) is 2.13. The lowest BCUT2D eigenvalue weighted by molar-refractivity contribution is 0.120. The van der Waals surface area contributed by atoms with Crippen LogP contribution < -0.4 is 0 Å². The van der Waals surface area contributed by atoms with Gasteiger partial charge in [-0.1, -0.05) is 6.92 Å². The van der Waals surface area contributed by atoms with Crippen LogP contribution in [0.15, 0.2) is 0 Å². The van der Waals surface area contributed by atoms with E-state index in [0.29, 0.717) is 6.54 Å². The van der Waals surface area contributed by atoms with Gasteiger partial charge in [0.25, 0.3) is 0 Å². The third kappa shape index (κ3) is 2.34. The lowest BCUT2D eigenvalue weighted by Gasteiger charge is -2.35. The minimum atomic E-state index is -0.964. The zero-order chi connectivity index (χ0) is 8.32. The van der Waals surface area contributed by atoms with Crippen LogP contribution in [-0.4, -0.2) is 35.8 Å². The monoisotopic (exact) mass is 177 g/mol. The van der Waals surface area contributed by atoms with Gasteiger partial charge in [-0.3, -0.25) is 4.90 Å². The van der Waals surface area contributed by atoms with E-state index in [1.165, 1.54) is 11.8 Å². The van der Waals surface area contributed by atoms with Gasteiger partial charge in [-0.05, 0) is 32.2 Å². The summed E-state index contributed by atoms with van der Waals surface area (Å²) in [7, 11) is 0. The SMILES string of the molecule is CCN1CCCC(F)(SC)C1. The maximum absolute atomic E-state index is 13.7. The van der Waals surface area contributed by atoms with Crippen molar-refractivity contribution in [2.45, 2.75) is 24.8 Å². The first-order valence-corrected chi connectivity index (χ1v) is 5.39. The van der Waals surface area contributed by atoms with Gasteiger partial charge in [0.05, 0.1) is 0 Å². The van der Waals surface area contributed by atoms with E-state index in [2.05, 4.69) is 11.8 Å². The van der Waals surface area contributed by atoms with Gasteiger partial charge in [-0.2, -0.15) is 0 Å². The Morgan fingerprint density at radius 3 is 2.91 bits per heavy atom. The lowest BCUT2D eigenvalue weighted by Crippen LogP contribution is -2.42. The molecular formula is C8H16FNS. The maximum atomic E-state index is 13.7. The number of likely N-dealkylation sites (tertiary alicyclic amines) is 1. The minimum Gasteiger partial charge on any atom is -0.300 e. The highest BCUT2D eigenvalue weighted by molar-refractivity contribution is 7.99. The fourth-order valence-corrected chi connectivity index (χ4v) is 2.16. The van der Waals surface area contributed by atoms with Gasteiger partial charge >= 0.3 is 0 Å². The van der Waals surface area contributed by atoms with Crippen LogP contribution in [0.5, 0.6) is 0 Å². The number of alkyl halides is 1. The molecule has 1 fully saturated rings. The summed E-state index contributed by atoms with van der Waals surface area (Å²) in [6.07, 6.45) is 3.59. The second-order valence-electron chi connectivity index (χ2n) is 3.06. The second-order valence-corrected chi connectivity index (χ2v) is 4.20. The average Bonchev–Trinajstić information content (AvgIpc) is 2.05. The number of nitrogens with zero attached hydrogens (tertiary/aromatic N) is 1. The molecule has 1 aliphatic rings. The molecule has 0 spiro atoms. The first-order chi connectivity index (χ1) is 5.20. The van der Waals surface area contributed by atoms with Gasteiger partial charge in [0.2, 0.25) is 0 Å². The molecule has 0 aliphatic carbocycles. The molecule has 11 heavy (non-hydrogen) atoms. The quantitative estimate of drug-likeness (QED) is 0.635. The van der Waals surface area contributed by atoms with Crippen LogP contribution in [0.1, 0.15) is 19.8 Å². The van der Waals surface area contributed by atoms with Gasteiger partial charge in [-0.25, -0.2) is 4.39 Å². The predicted molar refractivity (Wildman–Crippen MR) is 48.7 cm³/mol. The van der Waals surface area contributed by atoms with Crippen molar-refractivity contribution in [3.63, 3.8) is 0 Å². The second kappa shape index (κ2) is 3.76. The molecule has 1 aliphatic heterocycles. The molecule has 66 valence electrons. The van der Waals surface area contributed by atoms with Gasteiger partial charge < -0.3 is 0 Å². The smallest absolute Gasteiger partial charge is 0.168 e. The van der Waals surface area contributed by atoms with E-state index in [1.807, 2.05) is 6.26 Å². The standard InChI is InChI=1S/C8H16FNS/c1-3-10-6-4-5-8(9,7-10)11-2/h3-7H2,1-2H3. The first-order valence-electron chi connectivity index (χ1n) is 4.16. The maximum Gasteiger partial charge on any atom is 0.168 e. The fraction of sp³-hybridized carbons (Fsp3) is 1.00. The highest BCUT2D eigenvalue weighted by Gasteiger charge is 2.33. The van der Waals surface area contributed by atoms with Crippen LogP contribution in [0.4, 0.5) is 4.39 Å². The Kier molecular flexibility index (Phi) is 3.19. The third-order valence-corrected chi connectivity index (χ3v) is 3.36. The Hall–Kier alpha value is 0.240.